The molecule has 2 fully saturated rings. The van der Waals surface area contributed by atoms with Gasteiger partial charge in [-0.25, -0.2) is 0 Å². The summed E-state index contributed by atoms with van der Waals surface area (Å²) < 4.78 is 32.8. The van der Waals surface area contributed by atoms with Crippen molar-refractivity contribution in [3.05, 3.63) is 23.3 Å². The first-order chi connectivity index (χ1) is 12.3. The van der Waals surface area contributed by atoms with E-state index in [-0.39, 0.29) is 11.5 Å². The van der Waals surface area contributed by atoms with E-state index >= 15 is 0 Å². The van der Waals surface area contributed by atoms with Gasteiger partial charge in [0.05, 0.1) is 0 Å². The third-order valence-electron chi connectivity index (χ3n) is 7.00. The second-order valence-electron chi connectivity index (χ2n) is 8.35. The standard InChI is InChI=1S/C19H27NO5S/c1-19-7-2-3-16(19)14-5-4-12-9-18(25-26(20,22)23)17(24-11-21)10-15(12)13(14)6-8-19/h9-10,13-14,16,21H,2-8,11H2,1H3,(H2,20,22,23)/t13?,14?,16?,19-/m0/s1. The van der Waals surface area contributed by atoms with Gasteiger partial charge >= 0.3 is 10.3 Å². The SMILES string of the molecule is C[C@@]12CCCC1C1CCc3cc(OS(N)(=O)=O)c(OCO)cc3C1CC2. The van der Waals surface area contributed by atoms with Gasteiger partial charge in [0.2, 0.25) is 0 Å². The van der Waals surface area contributed by atoms with Gasteiger partial charge in [0.15, 0.2) is 18.3 Å². The number of ether oxygens (including phenoxy) is 1. The number of fused-ring (bicyclic) bond motifs is 5. The van der Waals surface area contributed by atoms with E-state index in [0.717, 1.165) is 30.7 Å². The average molecular weight is 381 g/mol. The van der Waals surface area contributed by atoms with E-state index in [2.05, 4.69) is 6.92 Å². The maximum absolute atomic E-state index is 11.4. The van der Waals surface area contributed by atoms with E-state index in [1.807, 2.05) is 6.07 Å². The Morgan fingerprint density at radius 2 is 2.04 bits per heavy atom. The van der Waals surface area contributed by atoms with Crippen LogP contribution in [0.4, 0.5) is 0 Å². The highest BCUT2D eigenvalue weighted by Crippen LogP contribution is 2.61. The first-order valence-corrected chi connectivity index (χ1v) is 10.9. The molecule has 0 bridgehead atoms. The molecule has 4 rings (SSSR count). The molecule has 2 saturated carbocycles. The number of aryl methyl sites for hydroxylation is 1. The van der Waals surface area contributed by atoms with Crippen LogP contribution in [-0.2, 0) is 16.7 Å². The molecule has 0 aliphatic heterocycles. The van der Waals surface area contributed by atoms with Crippen LogP contribution >= 0.6 is 0 Å². The fourth-order valence-electron chi connectivity index (χ4n) is 5.94. The van der Waals surface area contributed by atoms with E-state index in [0.29, 0.717) is 17.3 Å². The molecule has 1 aromatic carbocycles. The van der Waals surface area contributed by atoms with E-state index in [1.165, 1.54) is 31.2 Å². The summed E-state index contributed by atoms with van der Waals surface area (Å²) in [7, 11) is -4.15. The number of nitrogens with two attached hydrogens (primary N) is 1. The molecule has 3 unspecified atom stereocenters. The predicted octanol–water partition coefficient (Wildman–Crippen LogP) is 2.84. The molecule has 0 saturated heterocycles. The van der Waals surface area contributed by atoms with Crippen molar-refractivity contribution >= 4 is 10.3 Å². The smallest absolute Gasteiger partial charge is 0.380 e. The van der Waals surface area contributed by atoms with Crippen LogP contribution < -0.4 is 14.1 Å². The molecule has 1 aromatic rings. The third kappa shape index (κ3) is 3.10. The Bertz CT molecular complexity index is 808. The Kier molecular flexibility index (Phi) is 4.44. The van der Waals surface area contributed by atoms with Crippen LogP contribution in [-0.4, -0.2) is 20.3 Å². The van der Waals surface area contributed by atoms with E-state index in [1.54, 1.807) is 6.07 Å². The van der Waals surface area contributed by atoms with Crippen LogP contribution in [0.2, 0.25) is 0 Å². The van der Waals surface area contributed by atoms with Gasteiger partial charge in [0.1, 0.15) is 0 Å². The van der Waals surface area contributed by atoms with Crippen molar-refractivity contribution in [1.29, 1.82) is 0 Å². The lowest BCUT2D eigenvalue weighted by molar-refractivity contribution is 0.0593. The number of benzene rings is 1. The Labute approximate surface area is 154 Å². The minimum atomic E-state index is -4.15. The average Bonchev–Trinajstić information content (AvgIpc) is 2.96. The van der Waals surface area contributed by atoms with Crippen LogP contribution in [0.3, 0.4) is 0 Å². The van der Waals surface area contributed by atoms with Crippen molar-refractivity contribution in [2.24, 2.45) is 22.4 Å². The van der Waals surface area contributed by atoms with Crippen LogP contribution in [0.15, 0.2) is 12.1 Å². The number of aliphatic hydroxyl groups excluding tert-OH is 1. The highest BCUT2D eigenvalue weighted by Gasteiger charge is 2.50. The van der Waals surface area contributed by atoms with E-state index in [9.17, 15) is 13.5 Å². The van der Waals surface area contributed by atoms with Gasteiger partial charge in [0.25, 0.3) is 0 Å². The molecule has 144 valence electrons. The second-order valence-corrected chi connectivity index (χ2v) is 9.50. The number of hydrogen-bond donors (Lipinski definition) is 2. The summed E-state index contributed by atoms with van der Waals surface area (Å²) in [4.78, 5) is 0. The zero-order chi connectivity index (χ0) is 18.5. The molecule has 4 atom stereocenters. The van der Waals surface area contributed by atoms with E-state index < -0.39 is 17.1 Å². The van der Waals surface area contributed by atoms with Crippen LogP contribution in [0.25, 0.3) is 0 Å². The summed E-state index contributed by atoms with van der Waals surface area (Å²) in [5.41, 5.74) is 2.82. The Hall–Kier alpha value is -1.31. The first-order valence-electron chi connectivity index (χ1n) is 9.43. The minimum Gasteiger partial charge on any atom is -0.464 e. The molecule has 0 heterocycles. The van der Waals surface area contributed by atoms with Crippen LogP contribution in [0, 0.1) is 17.3 Å². The van der Waals surface area contributed by atoms with Crippen molar-refractivity contribution in [1.82, 2.24) is 0 Å². The van der Waals surface area contributed by atoms with Crippen molar-refractivity contribution in [2.75, 3.05) is 6.79 Å². The first kappa shape index (κ1) is 18.1. The summed E-state index contributed by atoms with van der Waals surface area (Å²) in [5, 5.41) is 14.2. The van der Waals surface area contributed by atoms with Crippen molar-refractivity contribution in [3.63, 3.8) is 0 Å². The molecule has 26 heavy (non-hydrogen) atoms. The van der Waals surface area contributed by atoms with Crippen LogP contribution in [0.5, 0.6) is 11.5 Å². The highest BCUT2D eigenvalue weighted by molar-refractivity contribution is 7.84. The summed E-state index contributed by atoms with van der Waals surface area (Å²) in [5.74, 6) is 2.22. The van der Waals surface area contributed by atoms with Gasteiger partial charge in [-0.2, -0.15) is 13.6 Å². The van der Waals surface area contributed by atoms with E-state index in [4.69, 9.17) is 14.1 Å². The highest BCUT2D eigenvalue weighted by atomic mass is 32.2. The Morgan fingerprint density at radius 1 is 1.23 bits per heavy atom. The van der Waals surface area contributed by atoms with Gasteiger partial charge in [0, 0.05) is 0 Å². The lowest BCUT2D eigenvalue weighted by Gasteiger charge is -2.49. The Balaban J connectivity index is 1.71. The zero-order valence-corrected chi connectivity index (χ0v) is 15.9. The molecular weight excluding hydrogens is 354 g/mol. The van der Waals surface area contributed by atoms with Gasteiger partial charge in [-0.15, -0.1) is 0 Å². The fraction of sp³-hybridized carbons (Fsp3) is 0.684. The molecule has 3 aliphatic rings. The van der Waals surface area contributed by atoms with Gasteiger partial charge < -0.3 is 14.0 Å². The maximum Gasteiger partial charge on any atom is 0.380 e. The molecule has 0 radical (unpaired) electrons. The molecule has 0 amide bonds. The number of rotatable bonds is 4. The Morgan fingerprint density at radius 3 is 2.77 bits per heavy atom. The van der Waals surface area contributed by atoms with Gasteiger partial charge in [-0.3, -0.25) is 0 Å². The monoisotopic (exact) mass is 381 g/mol. The summed E-state index contributed by atoms with van der Waals surface area (Å²) in [6, 6.07) is 3.59. The summed E-state index contributed by atoms with van der Waals surface area (Å²) in [6.07, 6.45) is 8.42. The molecule has 3 aliphatic carbocycles. The fourth-order valence-corrected chi connectivity index (χ4v) is 6.32. The lowest BCUT2D eigenvalue weighted by Crippen LogP contribution is -2.39. The number of hydrogen-bond acceptors (Lipinski definition) is 5. The van der Waals surface area contributed by atoms with Crippen molar-refractivity contribution in [3.8, 4) is 11.5 Å². The third-order valence-corrected chi connectivity index (χ3v) is 7.41. The van der Waals surface area contributed by atoms with Gasteiger partial charge in [-0.1, -0.05) is 13.3 Å². The lowest BCUT2D eigenvalue weighted by atomic mass is 9.56. The van der Waals surface area contributed by atoms with Crippen LogP contribution in [0.1, 0.15) is 62.5 Å². The molecule has 0 aromatic heterocycles. The maximum atomic E-state index is 11.4. The second kappa shape index (κ2) is 6.39. The normalized spacial score (nSPS) is 33.1. The molecular formula is C19H27NO5S. The van der Waals surface area contributed by atoms with Crippen molar-refractivity contribution < 1.29 is 22.4 Å². The minimum absolute atomic E-state index is 0.0558. The molecule has 7 heteroatoms. The molecule has 6 nitrogen and oxygen atoms in total. The predicted molar refractivity (Wildman–Crippen MR) is 97.1 cm³/mol. The largest absolute Gasteiger partial charge is 0.464 e. The van der Waals surface area contributed by atoms with Crippen molar-refractivity contribution in [2.45, 2.75) is 57.8 Å². The zero-order valence-electron chi connectivity index (χ0n) is 15.1. The number of aliphatic hydroxyl groups is 1. The summed E-state index contributed by atoms with van der Waals surface area (Å²) >= 11 is 0. The topological polar surface area (TPSA) is 98.9 Å². The van der Waals surface area contributed by atoms with Gasteiger partial charge in [-0.05, 0) is 85.0 Å². The summed E-state index contributed by atoms with van der Waals surface area (Å²) in [6.45, 7) is 1.91. The molecule has 0 spiro atoms. The quantitative estimate of drug-likeness (QED) is 0.782. The molecule has 3 N–H and O–H groups in total.